The molecular weight excluding hydrogens is 270 g/mol. The lowest BCUT2D eigenvalue weighted by Crippen LogP contribution is -2.44. The van der Waals surface area contributed by atoms with Gasteiger partial charge in [-0.2, -0.15) is 0 Å². The van der Waals surface area contributed by atoms with Gasteiger partial charge in [-0.1, -0.05) is 31.4 Å². The van der Waals surface area contributed by atoms with Crippen LogP contribution in [0.25, 0.3) is 0 Å². The Balaban J connectivity index is 2.00. The van der Waals surface area contributed by atoms with Gasteiger partial charge < -0.3 is 21.5 Å². The van der Waals surface area contributed by atoms with Crippen LogP contribution in [0.2, 0.25) is 0 Å². The molecular formula is C15H21N3O3. The molecule has 0 aromatic heterocycles. The maximum atomic E-state index is 12.0. The Morgan fingerprint density at radius 2 is 1.86 bits per heavy atom. The van der Waals surface area contributed by atoms with E-state index in [4.69, 9.17) is 5.73 Å². The van der Waals surface area contributed by atoms with Crippen molar-refractivity contribution in [3.8, 4) is 0 Å². The van der Waals surface area contributed by atoms with E-state index in [9.17, 15) is 14.7 Å². The van der Waals surface area contributed by atoms with E-state index >= 15 is 0 Å². The molecule has 1 aliphatic rings. The molecule has 2 amide bonds. The molecule has 1 saturated carbocycles. The van der Waals surface area contributed by atoms with Gasteiger partial charge in [-0.3, -0.25) is 4.79 Å². The van der Waals surface area contributed by atoms with E-state index in [1.165, 1.54) is 0 Å². The van der Waals surface area contributed by atoms with Crippen LogP contribution in [-0.2, 0) is 4.79 Å². The highest BCUT2D eigenvalue weighted by Crippen LogP contribution is 2.24. The summed E-state index contributed by atoms with van der Waals surface area (Å²) in [6.07, 6.45) is 4.13. The van der Waals surface area contributed by atoms with Gasteiger partial charge in [-0.15, -0.1) is 0 Å². The van der Waals surface area contributed by atoms with Gasteiger partial charge in [0.05, 0.1) is 17.3 Å². The number of benzene rings is 1. The number of hydrogen-bond donors (Lipinski definition) is 4. The highest BCUT2D eigenvalue weighted by Gasteiger charge is 2.30. The Labute approximate surface area is 123 Å². The molecule has 0 radical (unpaired) electrons. The van der Waals surface area contributed by atoms with E-state index in [-0.39, 0.29) is 6.04 Å². The second-order valence-corrected chi connectivity index (χ2v) is 5.37. The van der Waals surface area contributed by atoms with Crippen molar-refractivity contribution in [3.05, 3.63) is 24.3 Å². The number of carboxylic acid groups (broad SMARTS) is 1. The van der Waals surface area contributed by atoms with Crippen LogP contribution in [0.4, 0.5) is 16.2 Å². The quantitative estimate of drug-likeness (QED) is 0.507. The first-order chi connectivity index (χ1) is 10.1. The van der Waals surface area contributed by atoms with Crippen LogP contribution in [0.5, 0.6) is 0 Å². The van der Waals surface area contributed by atoms with Crippen molar-refractivity contribution in [1.82, 2.24) is 5.32 Å². The SMILES string of the molecule is Nc1ccccc1NC(=O)NC1CCCCCC1C(=O)O. The Bertz CT molecular complexity index is 519. The summed E-state index contributed by atoms with van der Waals surface area (Å²) < 4.78 is 0. The van der Waals surface area contributed by atoms with Crippen molar-refractivity contribution < 1.29 is 14.7 Å². The van der Waals surface area contributed by atoms with Crippen molar-refractivity contribution in [1.29, 1.82) is 0 Å². The van der Waals surface area contributed by atoms with Gasteiger partial charge in [0.15, 0.2) is 0 Å². The van der Waals surface area contributed by atoms with Gasteiger partial charge >= 0.3 is 12.0 Å². The maximum absolute atomic E-state index is 12.0. The first kappa shape index (κ1) is 15.2. The monoisotopic (exact) mass is 291 g/mol. The molecule has 0 saturated heterocycles. The summed E-state index contributed by atoms with van der Waals surface area (Å²) in [7, 11) is 0. The van der Waals surface area contributed by atoms with Gasteiger partial charge in [0.25, 0.3) is 0 Å². The van der Waals surface area contributed by atoms with Crippen LogP contribution in [0, 0.1) is 5.92 Å². The molecule has 1 aliphatic carbocycles. The molecule has 1 fully saturated rings. The number of aliphatic carboxylic acids is 1. The lowest BCUT2D eigenvalue weighted by atomic mass is 9.95. The topological polar surface area (TPSA) is 104 Å². The maximum Gasteiger partial charge on any atom is 0.319 e. The van der Waals surface area contributed by atoms with Crippen LogP contribution in [-0.4, -0.2) is 23.1 Å². The Morgan fingerprint density at radius 3 is 2.57 bits per heavy atom. The first-order valence-corrected chi connectivity index (χ1v) is 7.23. The van der Waals surface area contributed by atoms with Crippen LogP contribution in [0.15, 0.2) is 24.3 Å². The van der Waals surface area contributed by atoms with Crippen molar-refractivity contribution >= 4 is 23.4 Å². The smallest absolute Gasteiger partial charge is 0.319 e. The minimum absolute atomic E-state index is 0.338. The third kappa shape index (κ3) is 4.11. The molecule has 0 heterocycles. The second kappa shape index (κ2) is 6.97. The molecule has 6 heteroatoms. The van der Waals surface area contributed by atoms with E-state index < -0.39 is 17.9 Å². The third-order valence-electron chi connectivity index (χ3n) is 3.86. The van der Waals surface area contributed by atoms with E-state index in [0.717, 1.165) is 19.3 Å². The fraction of sp³-hybridized carbons (Fsp3) is 0.467. The zero-order valence-electron chi connectivity index (χ0n) is 11.8. The summed E-state index contributed by atoms with van der Waals surface area (Å²) in [5, 5.41) is 14.7. The van der Waals surface area contributed by atoms with Crippen molar-refractivity contribution in [2.75, 3.05) is 11.1 Å². The van der Waals surface area contributed by atoms with Crippen LogP contribution in [0.1, 0.15) is 32.1 Å². The molecule has 0 spiro atoms. The molecule has 1 aromatic carbocycles. The van der Waals surface area contributed by atoms with Crippen molar-refractivity contribution in [2.24, 2.45) is 5.92 Å². The summed E-state index contributed by atoms with van der Waals surface area (Å²) in [6, 6.07) is 6.21. The summed E-state index contributed by atoms with van der Waals surface area (Å²) >= 11 is 0. The van der Waals surface area contributed by atoms with Gasteiger partial charge in [-0.25, -0.2) is 4.79 Å². The average molecular weight is 291 g/mol. The van der Waals surface area contributed by atoms with Crippen LogP contribution >= 0.6 is 0 Å². The largest absolute Gasteiger partial charge is 0.481 e. The molecule has 5 N–H and O–H groups in total. The summed E-state index contributed by atoms with van der Waals surface area (Å²) in [5.41, 5.74) is 6.76. The minimum atomic E-state index is -0.846. The molecule has 114 valence electrons. The lowest BCUT2D eigenvalue weighted by molar-refractivity contribution is -0.142. The Kier molecular flexibility index (Phi) is 5.03. The molecule has 0 aliphatic heterocycles. The zero-order valence-corrected chi connectivity index (χ0v) is 11.8. The van der Waals surface area contributed by atoms with Gasteiger partial charge in [0.2, 0.25) is 0 Å². The molecule has 2 rings (SSSR count). The van der Waals surface area contributed by atoms with E-state index in [1.807, 2.05) is 0 Å². The van der Waals surface area contributed by atoms with Crippen LogP contribution < -0.4 is 16.4 Å². The highest BCUT2D eigenvalue weighted by molar-refractivity contribution is 5.93. The number of nitrogen functional groups attached to an aromatic ring is 1. The fourth-order valence-corrected chi connectivity index (χ4v) is 2.71. The van der Waals surface area contributed by atoms with E-state index in [0.29, 0.717) is 24.2 Å². The van der Waals surface area contributed by atoms with Crippen LogP contribution in [0.3, 0.4) is 0 Å². The molecule has 21 heavy (non-hydrogen) atoms. The Morgan fingerprint density at radius 1 is 1.14 bits per heavy atom. The molecule has 6 nitrogen and oxygen atoms in total. The van der Waals surface area contributed by atoms with E-state index in [2.05, 4.69) is 10.6 Å². The number of amides is 2. The number of carbonyl (C=O) groups excluding carboxylic acids is 1. The molecule has 2 unspecified atom stereocenters. The summed E-state index contributed by atoms with van der Waals surface area (Å²) in [5.74, 6) is -1.37. The van der Waals surface area contributed by atoms with Crippen molar-refractivity contribution in [3.63, 3.8) is 0 Å². The standard InChI is InChI=1S/C15H21N3O3/c16-11-7-4-5-9-13(11)18-15(21)17-12-8-3-1-2-6-10(12)14(19)20/h4-5,7,9-10,12H,1-3,6,8,16H2,(H,19,20)(H2,17,18,21). The fourth-order valence-electron chi connectivity index (χ4n) is 2.71. The van der Waals surface area contributed by atoms with E-state index in [1.54, 1.807) is 24.3 Å². The van der Waals surface area contributed by atoms with Gasteiger partial charge in [0, 0.05) is 6.04 Å². The summed E-state index contributed by atoms with van der Waals surface area (Å²) in [4.78, 5) is 23.4. The lowest BCUT2D eigenvalue weighted by Gasteiger charge is -2.23. The number of nitrogens with two attached hydrogens (primary N) is 1. The number of rotatable bonds is 3. The molecule has 0 bridgehead atoms. The van der Waals surface area contributed by atoms with Gasteiger partial charge in [-0.05, 0) is 25.0 Å². The predicted molar refractivity (Wildman–Crippen MR) is 81.0 cm³/mol. The first-order valence-electron chi connectivity index (χ1n) is 7.23. The number of carbonyl (C=O) groups is 2. The predicted octanol–water partition coefficient (Wildman–Crippen LogP) is 2.42. The number of hydrogen-bond acceptors (Lipinski definition) is 3. The molecule has 2 atom stereocenters. The number of para-hydroxylation sites is 2. The number of urea groups is 1. The second-order valence-electron chi connectivity index (χ2n) is 5.37. The van der Waals surface area contributed by atoms with Gasteiger partial charge in [0.1, 0.15) is 0 Å². The zero-order chi connectivity index (χ0) is 15.2. The number of anilines is 2. The summed E-state index contributed by atoms with van der Waals surface area (Å²) in [6.45, 7) is 0. The van der Waals surface area contributed by atoms with Crippen molar-refractivity contribution in [2.45, 2.75) is 38.1 Å². The Hall–Kier alpha value is -2.24. The minimum Gasteiger partial charge on any atom is -0.481 e. The number of carboxylic acids is 1. The number of nitrogens with one attached hydrogen (secondary N) is 2. The average Bonchev–Trinajstić information content (AvgIpc) is 2.67. The normalized spacial score (nSPS) is 22.1. The highest BCUT2D eigenvalue weighted by atomic mass is 16.4. The third-order valence-corrected chi connectivity index (χ3v) is 3.86. The molecule has 1 aromatic rings.